The molecule has 74 valence electrons. The van der Waals surface area contributed by atoms with Crippen molar-refractivity contribution >= 4 is 11.8 Å². The van der Waals surface area contributed by atoms with E-state index in [9.17, 15) is 0 Å². The molecule has 0 atom stereocenters. The molecule has 2 rings (SSSR count). The van der Waals surface area contributed by atoms with Crippen molar-refractivity contribution in [3.63, 3.8) is 0 Å². The number of rotatable bonds is 0. The molecule has 0 aliphatic carbocycles. The third-order valence-electron chi connectivity index (χ3n) is 2.79. The maximum Gasteiger partial charge on any atom is 0.0503 e. The molecule has 1 heterocycles. The Kier molecular flexibility index (Phi) is 1.91. The molecule has 0 bridgehead atoms. The number of hydrogen-bond donors (Lipinski definition) is 1. The summed E-state index contributed by atoms with van der Waals surface area (Å²) in [7, 11) is 0. The number of benzene rings is 1. The molecule has 1 aliphatic rings. The maximum atomic E-state index is 3.56. The lowest BCUT2D eigenvalue weighted by Gasteiger charge is -2.30. The van der Waals surface area contributed by atoms with Gasteiger partial charge in [-0.3, -0.25) is 0 Å². The minimum Gasteiger partial charge on any atom is -0.376 e. The fourth-order valence-electron chi connectivity index (χ4n) is 1.87. The van der Waals surface area contributed by atoms with E-state index in [0.717, 1.165) is 0 Å². The zero-order chi connectivity index (χ0) is 10.3. The highest BCUT2D eigenvalue weighted by Crippen LogP contribution is 2.32. The minimum atomic E-state index is 0.0750. The Morgan fingerprint density at radius 1 is 1.07 bits per heavy atom. The quantitative estimate of drug-likeness (QED) is 0.655. The summed E-state index contributed by atoms with van der Waals surface area (Å²) in [5.41, 5.74) is 5.36. The van der Waals surface area contributed by atoms with E-state index in [1.54, 1.807) is 0 Å². The highest BCUT2D eigenvalue weighted by Gasteiger charge is 2.20. The summed E-state index contributed by atoms with van der Waals surface area (Å²) in [6.45, 7) is 8.69. The lowest BCUT2D eigenvalue weighted by Crippen LogP contribution is -2.31. The standard InChI is InChI=1S/C13H17N/c1-9-5-6-10(2)12-11(9)7-8-13(3,4)14-12/h5-8,14H,1-4H3. The zero-order valence-corrected chi connectivity index (χ0v) is 9.31. The molecular formula is C13H17N. The van der Waals surface area contributed by atoms with Gasteiger partial charge in [0.15, 0.2) is 0 Å². The van der Waals surface area contributed by atoms with Gasteiger partial charge in [0.05, 0.1) is 5.54 Å². The van der Waals surface area contributed by atoms with Crippen LogP contribution in [-0.4, -0.2) is 5.54 Å². The maximum absolute atomic E-state index is 3.56. The van der Waals surface area contributed by atoms with Gasteiger partial charge in [-0.1, -0.05) is 24.3 Å². The van der Waals surface area contributed by atoms with Crippen molar-refractivity contribution < 1.29 is 0 Å². The average molecular weight is 187 g/mol. The molecule has 0 aromatic heterocycles. The van der Waals surface area contributed by atoms with Gasteiger partial charge in [-0.25, -0.2) is 0 Å². The fourth-order valence-corrected chi connectivity index (χ4v) is 1.87. The van der Waals surface area contributed by atoms with Crippen LogP contribution >= 0.6 is 0 Å². The highest BCUT2D eigenvalue weighted by molar-refractivity contribution is 5.76. The molecule has 0 spiro atoms. The lowest BCUT2D eigenvalue weighted by molar-refractivity contribution is 0.709. The number of fused-ring (bicyclic) bond motifs is 1. The summed E-state index contributed by atoms with van der Waals surface area (Å²) in [5.74, 6) is 0. The van der Waals surface area contributed by atoms with Gasteiger partial charge in [0, 0.05) is 11.3 Å². The van der Waals surface area contributed by atoms with Crippen LogP contribution < -0.4 is 5.32 Å². The van der Waals surface area contributed by atoms with E-state index < -0.39 is 0 Å². The predicted octanol–water partition coefficient (Wildman–Crippen LogP) is 3.52. The van der Waals surface area contributed by atoms with Crippen LogP contribution in [0.2, 0.25) is 0 Å². The van der Waals surface area contributed by atoms with Crippen molar-refractivity contribution in [3.05, 3.63) is 34.9 Å². The lowest BCUT2D eigenvalue weighted by atomic mass is 9.92. The molecular weight excluding hydrogens is 170 g/mol. The largest absolute Gasteiger partial charge is 0.376 e. The monoisotopic (exact) mass is 187 g/mol. The van der Waals surface area contributed by atoms with Crippen molar-refractivity contribution in [1.82, 2.24) is 0 Å². The Labute approximate surface area is 85.8 Å². The molecule has 0 saturated heterocycles. The molecule has 0 fully saturated rings. The van der Waals surface area contributed by atoms with Gasteiger partial charge in [0.2, 0.25) is 0 Å². The molecule has 1 heteroatoms. The van der Waals surface area contributed by atoms with E-state index in [0.29, 0.717) is 0 Å². The van der Waals surface area contributed by atoms with Crippen molar-refractivity contribution in [2.75, 3.05) is 5.32 Å². The molecule has 0 saturated carbocycles. The molecule has 1 nitrogen and oxygen atoms in total. The first-order valence-electron chi connectivity index (χ1n) is 5.07. The van der Waals surface area contributed by atoms with Crippen LogP contribution in [0, 0.1) is 13.8 Å². The predicted molar refractivity (Wildman–Crippen MR) is 62.7 cm³/mol. The van der Waals surface area contributed by atoms with Crippen LogP contribution in [0.1, 0.15) is 30.5 Å². The second kappa shape index (κ2) is 2.88. The molecule has 0 radical (unpaired) electrons. The van der Waals surface area contributed by atoms with E-state index in [4.69, 9.17) is 0 Å². The number of nitrogens with one attached hydrogen (secondary N) is 1. The van der Waals surface area contributed by atoms with E-state index >= 15 is 0 Å². The van der Waals surface area contributed by atoms with Gasteiger partial charge in [-0.15, -0.1) is 0 Å². The van der Waals surface area contributed by atoms with Crippen LogP contribution in [0.5, 0.6) is 0 Å². The van der Waals surface area contributed by atoms with E-state index in [1.165, 1.54) is 22.4 Å². The second-order valence-corrected chi connectivity index (χ2v) is 4.67. The van der Waals surface area contributed by atoms with E-state index in [1.807, 2.05) is 0 Å². The summed E-state index contributed by atoms with van der Waals surface area (Å²) in [6.07, 6.45) is 4.45. The van der Waals surface area contributed by atoms with Crippen molar-refractivity contribution in [3.8, 4) is 0 Å². The van der Waals surface area contributed by atoms with Crippen LogP contribution in [0.4, 0.5) is 5.69 Å². The Hall–Kier alpha value is -1.24. The van der Waals surface area contributed by atoms with Crippen molar-refractivity contribution in [1.29, 1.82) is 0 Å². The molecule has 1 aromatic carbocycles. The van der Waals surface area contributed by atoms with Gasteiger partial charge >= 0.3 is 0 Å². The van der Waals surface area contributed by atoms with Crippen molar-refractivity contribution in [2.45, 2.75) is 33.2 Å². The Morgan fingerprint density at radius 3 is 2.43 bits per heavy atom. The van der Waals surface area contributed by atoms with Gasteiger partial charge in [0.25, 0.3) is 0 Å². The molecule has 0 amide bonds. The van der Waals surface area contributed by atoms with Gasteiger partial charge in [-0.2, -0.15) is 0 Å². The number of anilines is 1. The van der Waals surface area contributed by atoms with Crippen LogP contribution in [-0.2, 0) is 0 Å². The highest BCUT2D eigenvalue weighted by atomic mass is 15.0. The molecule has 14 heavy (non-hydrogen) atoms. The van der Waals surface area contributed by atoms with Crippen LogP contribution in [0.25, 0.3) is 6.08 Å². The summed E-state index contributed by atoms with van der Waals surface area (Å²) in [6, 6.07) is 4.36. The fraction of sp³-hybridized carbons (Fsp3) is 0.385. The van der Waals surface area contributed by atoms with Crippen molar-refractivity contribution in [2.24, 2.45) is 0 Å². The minimum absolute atomic E-state index is 0.0750. The van der Waals surface area contributed by atoms with E-state index in [-0.39, 0.29) is 5.54 Å². The normalized spacial score (nSPS) is 17.4. The summed E-state index contributed by atoms with van der Waals surface area (Å²) < 4.78 is 0. The molecule has 1 aromatic rings. The van der Waals surface area contributed by atoms with Gasteiger partial charge < -0.3 is 5.32 Å². The first-order valence-corrected chi connectivity index (χ1v) is 5.07. The Morgan fingerprint density at radius 2 is 1.71 bits per heavy atom. The third kappa shape index (κ3) is 1.43. The Bertz CT molecular complexity index is 400. The third-order valence-corrected chi connectivity index (χ3v) is 2.79. The van der Waals surface area contributed by atoms with Gasteiger partial charge in [0.1, 0.15) is 0 Å². The Balaban J connectivity index is 2.60. The zero-order valence-electron chi connectivity index (χ0n) is 9.31. The number of aryl methyl sites for hydroxylation is 2. The molecule has 1 aliphatic heterocycles. The van der Waals surface area contributed by atoms with Gasteiger partial charge in [-0.05, 0) is 38.8 Å². The van der Waals surface area contributed by atoms with E-state index in [2.05, 4.69) is 57.3 Å². The SMILES string of the molecule is Cc1ccc(C)c2c1C=CC(C)(C)N2. The summed E-state index contributed by atoms with van der Waals surface area (Å²) >= 11 is 0. The average Bonchev–Trinajstić information content (AvgIpc) is 2.10. The second-order valence-electron chi connectivity index (χ2n) is 4.67. The summed E-state index contributed by atoms with van der Waals surface area (Å²) in [5, 5.41) is 3.56. The topological polar surface area (TPSA) is 12.0 Å². The first-order chi connectivity index (χ1) is 6.49. The molecule has 1 N–H and O–H groups in total. The molecule has 0 unspecified atom stereocenters. The number of hydrogen-bond acceptors (Lipinski definition) is 1. The summed E-state index contributed by atoms with van der Waals surface area (Å²) in [4.78, 5) is 0. The smallest absolute Gasteiger partial charge is 0.0503 e. The van der Waals surface area contributed by atoms with Crippen LogP contribution in [0.15, 0.2) is 18.2 Å². The first kappa shape index (κ1) is 9.32. The van der Waals surface area contributed by atoms with Crippen LogP contribution in [0.3, 0.4) is 0 Å².